The van der Waals surface area contributed by atoms with Crippen LogP contribution in [0.25, 0.3) is 10.8 Å². The molecule has 4 nitrogen and oxygen atoms in total. The van der Waals surface area contributed by atoms with E-state index in [4.69, 9.17) is 0 Å². The number of halogens is 1. The number of sulfonamides is 1. The molecule has 0 spiro atoms. The Bertz CT molecular complexity index is 730. The Morgan fingerprint density at radius 3 is 2.62 bits per heavy atom. The summed E-state index contributed by atoms with van der Waals surface area (Å²) in [5, 5.41) is 2.44. The van der Waals surface area contributed by atoms with Crippen molar-refractivity contribution in [3.63, 3.8) is 0 Å². The largest absolute Gasteiger partial charge is 0.378 e. The third-order valence-corrected chi connectivity index (χ3v) is 5.31. The first kappa shape index (κ1) is 16.3. The number of alkyl halides is 1. The van der Waals surface area contributed by atoms with Gasteiger partial charge < -0.3 is 4.90 Å². The van der Waals surface area contributed by atoms with Crippen LogP contribution in [0, 0.1) is 0 Å². The van der Waals surface area contributed by atoms with Crippen molar-refractivity contribution in [3.8, 4) is 0 Å². The normalized spacial score (nSPS) is 11.8. The zero-order valence-electron chi connectivity index (χ0n) is 12.1. The fraction of sp³-hybridized carbons (Fsp3) is 0.333. The van der Waals surface area contributed by atoms with Crippen LogP contribution in [0.5, 0.6) is 0 Å². The Morgan fingerprint density at radius 2 is 1.95 bits per heavy atom. The molecule has 0 radical (unpaired) electrons. The van der Waals surface area contributed by atoms with Crippen LogP contribution >= 0.6 is 15.9 Å². The number of fused-ring (bicyclic) bond motifs is 1. The molecule has 6 heteroatoms. The number of nitrogens with one attached hydrogen (secondary N) is 1. The predicted octanol–water partition coefficient (Wildman–Crippen LogP) is 2.97. The van der Waals surface area contributed by atoms with Crippen molar-refractivity contribution in [1.29, 1.82) is 0 Å². The molecule has 0 saturated carbocycles. The average Bonchev–Trinajstić information content (AvgIpc) is 2.46. The van der Waals surface area contributed by atoms with Gasteiger partial charge in [-0.05, 0) is 30.0 Å². The number of hydrogen-bond acceptors (Lipinski definition) is 3. The maximum absolute atomic E-state index is 12.4. The third kappa shape index (κ3) is 3.75. The van der Waals surface area contributed by atoms with Crippen LogP contribution in [0.4, 0.5) is 5.69 Å². The Labute approximate surface area is 134 Å². The first-order valence-electron chi connectivity index (χ1n) is 6.71. The molecule has 2 aromatic carbocycles. The standard InChI is InChI=1S/C15H19BrN2O2S/c1-18(2)13-7-8-14-12(11-13)5-3-6-15(14)21(19,20)17-10-4-9-16/h3,5-8,11,17H,4,9-10H2,1-2H3. The molecule has 0 atom stereocenters. The average molecular weight is 371 g/mol. The van der Waals surface area contributed by atoms with Gasteiger partial charge in [-0.15, -0.1) is 0 Å². The monoisotopic (exact) mass is 370 g/mol. The van der Waals surface area contributed by atoms with E-state index in [0.717, 1.165) is 28.2 Å². The van der Waals surface area contributed by atoms with E-state index in [0.29, 0.717) is 11.4 Å². The van der Waals surface area contributed by atoms with Gasteiger partial charge >= 0.3 is 0 Å². The van der Waals surface area contributed by atoms with Crippen molar-refractivity contribution in [2.75, 3.05) is 30.9 Å². The Kier molecular flexibility index (Phi) is 5.24. The molecule has 0 unspecified atom stereocenters. The van der Waals surface area contributed by atoms with Crippen LogP contribution in [0.15, 0.2) is 41.3 Å². The molecule has 0 fully saturated rings. The fourth-order valence-corrected chi connectivity index (χ4v) is 3.69. The van der Waals surface area contributed by atoms with Gasteiger partial charge in [-0.2, -0.15) is 0 Å². The molecule has 0 heterocycles. The topological polar surface area (TPSA) is 49.4 Å². The van der Waals surface area contributed by atoms with Gasteiger partial charge in [0.2, 0.25) is 10.0 Å². The number of anilines is 1. The van der Waals surface area contributed by atoms with E-state index in [1.165, 1.54) is 0 Å². The van der Waals surface area contributed by atoms with Gasteiger partial charge in [-0.25, -0.2) is 13.1 Å². The lowest BCUT2D eigenvalue weighted by Gasteiger charge is -2.14. The lowest BCUT2D eigenvalue weighted by molar-refractivity contribution is 0.582. The summed E-state index contributed by atoms with van der Waals surface area (Å²) in [4.78, 5) is 2.33. The summed E-state index contributed by atoms with van der Waals surface area (Å²) in [7, 11) is 0.447. The van der Waals surface area contributed by atoms with E-state index in [9.17, 15) is 8.42 Å². The van der Waals surface area contributed by atoms with Gasteiger partial charge in [0.15, 0.2) is 0 Å². The number of nitrogens with zero attached hydrogens (tertiary/aromatic N) is 1. The van der Waals surface area contributed by atoms with E-state index < -0.39 is 10.0 Å². The highest BCUT2D eigenvalue weighted by Gasteiger charge is 2.16. The van der Waals surface area contributed by atoms with E-state index in [1.807, 2.05) is 43.3 Å². The lowest BCUT2D eigenvalue weighted by Crippen LogP contribution is -2.25. The summed E-state index contributed by atoms with van der Waals surface area (Å²) in [6.45, 7) is 0.430. The molecule has 0 amide bonds. The van der Waals surface area contributed by atoms with Gasteiger partial charge in [0.25, 0.3) is 0 Å². The first-order chi connectivity index (χ1) is 9.95. The zero-order chi connectivity index (χ0) is 15.5. The molecule has 21 heavy (non-hydrogen) atoms. The highest BCUT2D eigenvalue weighted by Crippen LogP contribution is 2.26. The van der Waals surface area contributed by atoms with E-state index in [-0.39, 0.29) is 0 Å². The molecule has 2 rings (SSSR count). The van der Waals surface area contributed by atoms with Crippen molar-refractivity contribution in [2.45, 2.75) is 11.3 Å². The van der Waals surface area contributed by atoms with Gasteiger partial charge in [-0.3, -0.25) is 0 Å². The molecule has 0 bridgehead atoms. The van der Waals surface area contributed by atoms with Crippen molar-refractivity contribution >= 4 is 42.4 Å². The van der Waals surface area contributed by atoms with Gasteiger partial charge in [0, 0.05) is 37.0 Å². The smallest absolute Gasteiger partial charge is 0.241 e. The summed E-state index contributed by atoms with van der Waals surface area (Å²) in [6, 6.07) is 11.1. The molecular weight excluding hydrogens is 352 g/mol. The zero-order valence-corrected chi connectivity index (χ0v) is 14.5. The van der Waals surface area contributed by atoms with Crippen LogP contribution in [0.3, 0.4) is 0 Å². The van der Waals surface area contributed by atoms with E-state index in [2.05, 4.69) is 20.7 Å². The van der Waals surface area contributed by atoms with Crippen LogP contribution < -0.4 is 9.62 Å². The van der Waals surface area contributed by atoms with Crippen molar-refractivity contribution < 1.29 is 8.42 Å². The minimum Gasteiger partial charge on any atom is -0.378 e. The summed E-state index contributed by atoms with van der Waals surface area (Å²) < 4.78 is 27.4. The molecule has 0 aromatic heterocycles. The second kappa shape index (κ2) is 6.77. The van der Waals surface area contributed by atoms with E-state index >= 15 is 0 Å². The number of benzene rings is 2. The van der Waals surface area contributed by atoms with Crippen LogP contribution in [0.2, 0.25) is 0 Å². The quantitative estimate of drug-likeness (QED) is 0.628. The maximum atomic E-state index is 12.4. The predicted molar refractivity (Wildman–Crippen MR) is 91.9 cm³/mol. The number of hydrogen-bond donors (Lipinski definition) is 1. The van der Waals surface area contributed by atoms with Gasteiger partial charge in [0.1, 0.15) is 0 Å². The molecule has 0 aliphatic heterocycles. The Balaban J connectivity index is 2.45. The van der Waals surface area contributed by atoms with Gasteiger partial charge in [-0.1, -0.05) is 34.1 Å². The second-order valence-electron chi connectivity index (χ2n) is 5.00. The summed E-state index contributed by atoms with van der Waals surface area (Å²) in [5.74, 6) is 0. The molecule has 0 aliphatic carbocycles. The fourth-order valence-electron chi connectivity index (χ4n) is 2.10. The van der Waals surface area contributed by atoms with Crippen molar-refractivity contribution in [1.82, 2.24) is 4.72 Å². The Morgan fingerprint density at radius 1 is 1.19 bits per heavy atom. The molecule has 114 valence electrons. The van der Waals surface area contributed by atoms with Gasteiger partial charge in [0.05, 0.1) is 4.90 Å². The summed E-state index contributed by atoms with van der Waals surface area (Å²) in [6.07, 6.45) is 0.759. The van der Waals surface area contributed by atoms with Crippen molar-refractivity contribution in [2.24, 2.45) is 0 Å². The molecule has 2 aromatic rings. The molecule has 0 aliphatic rings. The summed E-state index contributed by atoms with van der Waals surface area (Å²) >= 11 is 3.30. The van der Waals surface area contributed by atoms with E-state index in [1.54, 1.807) is 12.1 Å². The third-order valence-electron chi connectivity index (χ3n) is 3.23. The molecule has 0 saturated heterocycles. The minimum atomic E-state index is -3.48. The number of rotatable bonds is 6. The second-order valence-corrected chi connectivity index (χ2v) is 7.52. The molecule has 1 N–H and O–H groups in total. The summed E-state index contributed by atoms with van der Waals surface area (Å²) in [5.41, 5.74) is 1.05. The Hall–Kier alpha value is -1.11. The van der Waals surface area contributed by atoms with Crippen LogP contribution in [-0.2, 0) is 10.0 Å². The lowest BCUT2D eigenvalue weighted by atomic mass is 10.1. The van der Waals surface area contributed by atoms with Crippen LogP contribution in [-0.4, -0.2) is 34.4 Å². The maximum Gasteiger partial charge on any atom is 0.241 e. The first-order valence-corrected chi connectivity index (χ1v) is 9.32. The van der Waals surface area contributed by atoms with Crippen LogP contribution in [0.1, 0.15) is 6.42 Å². The molecular formula is C15H19BrN2O2S. The minimum absolute atomic E-state index is 0.333. The van der Waals surface area contributed by atoms with Crippen molar-refractivity contribution in [3.05, 3.63) is 36.4 Å². The highest BCUT2D eigenvalue weighted by atomic mass is 79.9. The highest BCUT2D eigenvalue weighted by molar-refractivity contribution is 9.09. The SMILES string of the molecule is CN(C)c1ccc2c(S(=O)(=O)NCCCBr)cccc2c1.